The summed E-state index contributed by atoms with van der Waals surface area (Å²) in [5.74, 6) is -0.643. The lowest BCUT2D eigenvalue weighted by atomic mass is 9.93. The molecule has 1 heterocycles. The molecule has 0 unspecified atom stereocenters. The molecule has 0 saturated carbocycles. The first-order valence-electron chi connectivity index (χ1n) is 7.62. The van der Waals surface area contributed by atoms with Crippen LogP contribution in [0.4, 0.5) is 8.78 Å². The summed E-state index contributed by atoms with van der Waals surface area (Å²) in [6.45, 7) is 2.35. The van der Waals surface area contributed by atoms with Gasteiger partial charge in [-0.05, 0) is 47.5 Å². The Bertz CT molecular complexity index is 868. The Morgan fingerprint density at radius 1 is 1.00 bits per heavy atom. The zero-order valence-corrected chi connectivity index (χ0v) is 13.4. The van der Waals surface area contributed by atoms with Gasteiger partial charge in [0.25, 0.3) is 0 Å². The number of hydrogen-bond donors (Lipinski definition) is 0. The summed E-state index contributed by atoms with van der Waals surface area (Å²) in [6.07, 6.45) is 0.624. The molecule has 2 aromatic carbocycles. The summed E-state index contributed by atoms with van der Waals surface area (Å²) in [5.41, 5.74) is 1.84. The van der Waals surface area contributed by atoms with Crippen molar-refractivity contribution in [1.29, 1.82) is 0 Å². The van der Waals surface area contributed by atoms with Gasteiger partial charge in [0.15, 0.2) is 6.29 Å². The summed E-state index contributed by atoms with van der Waals surface area (Å²) < 4.78 is 26.6. The predicted molar refractivity (Wildman–Crippen MR) is 88.3 cm³/mol. The van der Waals surface area contributed by atoms with E-state index in [4.69, 9.17) is 0 Å². The smallest absolute Gasteiger partial charge is 0.208 e. The minimum absolute atomic E-state index is 0.153. The monoisotopic (exact) mass is 340 g/mol. The first-order chi connectivity index (χ1) is 12.1. The Morgan fingerprint density at radius 2 is 1.52 bits per heavy atom. The number of aromatic nitrogens is 4. The van der Waals surface area contributed by atoms with Crippen molar-refractivity contribution in [2.75, 3.05) is 0 Å². The molecular formula is C18H14F2N4O. The van der Waals surface area contributed by atoms with Crippen LogP contribution in [0.2, 0.25) is 0 Å². The third-order valence-corrected chi connectivity index (χ3v) is 3.63. The molecule has 0 fully saturated rings. The first-order valence-corrected chi connectivity index (χ1v) is 7.62. The average Bonchev–Trinajstić information content (AvgIpc) is 3.10. The van der Waals surface area contributed by atoms with Gasteiger partial charge in [-0.25, -0.2) is 8.78 Å². The summed E-state index contributed by atoms with van der Waals surface area (Å²) in [4.78, 5) is 13.2. The molecule has 7 heteroatoms. The van der Waals surface area contributed by atoms with Crippen LogP contribution in [0, 0.1) is 11.6 Å². The highest BCUT2D eigenvalue weighted by Crippen LogP contribution is 2.30. The number of rotatable bonds is 5. The van der Waals surface area contributed by atoms with Crippen molar-refractivity contribution in [3.63, 3.8) is 0 Å². The summed E-state index contributed by atoms with van der Waals surface area (Å²) in [6, 6.07) is 11.3. The van der Waals surface area contributed by atoms with Gasteiger partial charge in [0.2, 0.25) is 5.82 Å². The van der Waals surface area contributed by atoms with E-state index in [1.165, 1.54) is 29.1 Å². The van der Waals surface area contributed by atoms with Crippen LogP contribution < -0.4 is 0 Å². The zero-order valence-electron chi connectivity index (χ0n) is 13.4. The highest BCUT2D eigenvalue weighted by Gasteiger charge is 2.18. The number of allylic oxidation sites excluding steroid dienone is 1. The lowest BCUT2D eigenvalue weighted by Gasteiger charge is -2.11. The van der Waals surface area contributed by atoms with Gasteiger partial charge in [-0.3, -0.25) is 4.79 Å². The molecule has 5 nitrogen and oxygen atoms in total. The number of aryl methyl sites for hydroxylation is 1. The molecule has 0 aliphatic carbocycles. The van der Waals surface area contributed by atoms with Crippen LogP contribution in [0.1, 0.15) is 23.9 Å². The van der Waals surface area contributed by atoms with Crippen LogP contribution in [0.25, 0.3) is 11.1 Å². The number of halogens is 2. The van der Waals surface area contributed by atoms with E-state index in [1.54, 1.807) is 24.3 Å². The number of aldehydes is 1. The van der Waals surface area contributed by atoms with Crippen molar-refractivity contribution in [2.24, 2.45) is 0 Å². The highest BCUT2D eigenvalue weighted by atomic mass is 19.1. The van der Waals surface area contributed by atoms with E-state index in [2.05, 4.69) is 15.4 Å². The molecule has 0 N–H and O–H groups in total. The van der Waals surface area contributed by atoms with Crippen molar-refractivity contribution in [2.45, 2.75) is 13.5 Å². The first kappa shape index (κ1) is 16.6. The van der Waals surface area contributed by atoms with Crippen LogP contribution in [-0.2, 0) is 11.3 Å². The summed E-state index contributed by atoms with van der Waals surface area (Å²) in [5, 5.41) is 11.9. The van der Waals surface area contributed by atoms with Crippen LogP contribution in [0.3, 0.4) is 0 Å². The fraction of sp³-hybridized carbons (Fsp3) is 0.111. The average molecular weight is 340 g/mol. The Morgan fingerprint density at radius 3 is 1.92 bits per heavy atom. The normalized spacial score (nSPS) is 10.5. The molecule has 0 amide bonds. The molecule has 0 radical (unpaired) electrons. The third kappa shape index (κ3) is 3.50. The number of hydrogen-bond acceptors (Lipinski definition) is 4. The second-order valence-corrected chi connectivity index (χ2v) is 5.22. The fourth-order valence-electron chi connectivity index (χ4n) is 2.42. The maximum atomic E-state index is 13.3. The van der Waals surface area contributed by atoms with E-state index in [0.29, 0.717) is 29.5 Å². The molecule has 0 bridgehead atoms. The molecule has 1 aromatic heterocycles. The lowest BCUT2D eigenvalue weighted by Crippen LogP contribution is -2.01. The van der Waals surface area contributed by atoms with Crippen molar-refractivity contribution in [3.8, 4) is 0 Å². The van der Waals surface area contributed by atoms with Crippen LogP contribution in [0.15, 0.2) is 48.5 Å². The minimum atomic E-state index is -0.398. The van der Waals surface area contributed by atoms with Crippen LogP contribution in [0.5, 0.6) is 0 Å². The molecule has 0 atom stereocenters. The van der Waals surface area contributed by atoms with Crippen LogP contribution in [-0.4, -0.2) is 26.5 Å². The molecule has 0 saturated heterocycles. The van der Waals surface area contributed by atoms with Crippen LogP contribution >= 0.6 is 0 Å². The predicted octanol–water partition coefficient (Wildman–Crippen LogP) is 3.13. The maximum Gasteiger partial charge on any atom is 0.208 e. The Labute approximate surface area is 142 Å². The van der Waals surface area contributed by atoms with E-state index < -0.39 is 11.6 Å². The highest BCUT2D eigenvalue weighted by molar-refractivity contribution is 6.19. The fourth-order valence-corrected chi connectivity index (χ4v) is 2.42. The largest absolute Gasteiger partial charge is 0.298 e. The lowest BCUT2D eigenvalue weighted by molar-refractivity contribution is -0.103. The summed E-state index contributed by atoms with van der Waals surface area (Å²) >= 11 is 0. The van der Waals surface area contributed by atoms with Gasteiger partial charge in [0.05, 0.1) is 12.1 Å². The maximum absolute atomic E-state index is 13.3. The molecule has 0 aliphatic rings. The van der Waals surface area contributed by atoms with Gasteiger partial charge >= 0.3 is 0 Å². The second-order valence-electron chi connectivity index (χ2n) is 5.22. The quantitative estimate of drug-likeness (QED) is 0.529. The van der Waals surface area contributed by atoms with Gasteiger partial charge in [-0.15, -0.1) is 10.2 Å². The van der Waals surface area contributed by atoms with E-state index in [9.17, 15) is 13.6 Å². The summed E-state index contributed by atoms with van der Waals surface area (Å²) in [7, 11) is 0. The minimum Gasteiger partial charge on any atom is -0.298 e. The molecular weight excluding hydrogens is 326 g/mol. The molecule has 25 heavy (non-hydrogen) atoms. The molecule has 3 aromatic rings. The number of benzene rings is 2. The standard InChI is InChI=1S/C18H14F2N4O/c1-2-24-22-18(21-23-24)16(11-25)17(12-3-7-14(19)8-4-12)13-5-9-15(20)10-6-13/h3-11H,2H2,1H3. The van der Waals surface area contributed by atoms with Gasteiger partial charge < -0.3 is 0 Å². The van der Waals surface area contributed by atoms with Gasteiger partial charge in [-0.2, -0.15) is 4.80 Å². The van der Waals surface area contributed by atoms with E-state index in [0.717, 1.165) is 0 Å². The number of tetrazole rings is 1. The zero-order chi connectivity index (χ0) is 17.8. The SMILES string of the molecule is CCn1nnc(C(C=O)=C(c2ccc(F)cc2)c2ccc(F)cc2)n1. The van der Waals surface area contributed by atoms with E-state index >= 15 is 0 Å². The van der Waals surface area contributed by atoms with Gasteiger partial charge in [0, 0.05) is 5.57 Å². The van der Waals surface area contributed by atoms with Gasteiger partial charge in [-0.1, -0.05) is 24.3 Å². The van der Waals surface area contributed by atoms with Crippen molar-refractivity contribution in [3.05, 3.63) is 77.1 Å². The Hall–Kier alpha value is -3.22. The third-order valence-electron chi connectivity index (χ3n) is 3.63. The topological polar surface area (TPSA) is 60.7 Å². The number of carbonyl (C=O) groups excluding carboxylic acids is 1. The van der Waals surface area contributed by atoms with Crippen molar-refractivity contribution in [1.82, 2.24) is 20.2 Å². The number of carbonyl (C=O) groups is 1. The molecule has 3 rings (SSSR count). The van der Waals surface area contributed by atoms with E-state index in [1.807, 2.05) is 6.92 Å². The molecule has 0 spiro atoms. The second kappa shape index (κ2) is 7.12. The Balaban J connectivity index is 2.25. The van der Waals surface area contributed by atoms with Crippen molar-refractivity contribution < 1.29 is 13.6 Å². The molecule has 0 aliphatic heterocycles. The van der Waals surface area contributed by atoms with E-state index in [-0.39, 0.29) is 11.4 Å². The number of nitrogens with zero attached hydrogens (tertiary/aromatic N) is 4. The Kier molecular flexibility index (Phi) is 4.74. The van der Waals surface area contributed by atoms with Crippen molar-refractivity contribution >= 4 is 17.4 Å². The molecule has 126 valence electrons. The van der Waals surface area contributed by atoms with Gasteiger partial charge in [0.1, 0.15) is 11.6 Å².